The van der Waals surface area contributed by atoms with E-state index in [4.69, 9.17) is 17.3 Å². The zero-order chi connectivity index (χ0) is 14.9. The highest BCUT2D eigenvalue weighted by atomic mass is 35.5. The minimum atomic E-state index is -0.336. The maximum absolute atomic E-state index is 12.3. The van der Waals surface area contributed by atoms with E-state index in [2.05, 4.69) is 11.8 Å². The van der Waals surface area contributed by atoms with Gasteiger partial charge in [0.2, 0.25) is 11.8 Å². The van der Waals surface area contributed by atoms with Crippen molar-refractivity contribution in [2.75, 3.05) is 11.4 Å². The number of anilines is 1. The number of carbonyl (C=O) groups excluding carboxylic acids is 2. The van der Waals surface area contributed by atoms with Crippen LogP contribution < -0.4 is 10.6 Å². The van der Waals surface area contributed by atoms with E-state index in [0.29, 0.717) is 16.3 Å². The smallest absolute Gasteiger partial charge is 0.237 e. The molecule has 1 heterocycles. The number of amides is 2. The van der Waals surface area contributed by atoms with Gasteiger partial charge in [0.25, 0.3) is 0 Å². The molecule has 4 nitrogen and oxygen atoms in total. The minimum absolute atomic E-state index is 0.205. The maximum atomic E-state index is 12.3. The number of hydrogen-bond donors (Lipinski definition) is 1. The van der Waals surface area contributed by atoms with E-state index < -0.39 is 0 Å². The summed E-state index contributed by atoms with van der Waals surface area (Å²) in [6.45, 7) is 3.71. The number of rotatable bonds is 1. The summed E-state index contributed by atoms with van der Waals surface area (Å²) in [6.07, 6.45) is 0. The average molecular weight is 291 g/mol. The summed E-state index contributed by atoms with van der Waals surface area (Å²) < 4.78 is 0. The predicted octanol–water partition coefficient (Wildman–Crippen LogP) is 1.80. The van der Waals surface area contributed by atoms with Crippen molar-refractivity contribution in [1.29, 1.82) is 0 Å². The molecule has 1 aliphatic rings. The minimum Gasteiger partial charge on any atom is -0.320 e. The maximum Gasteiger partial charge on any atom is 0.237 e. The van der Waals surface area contributed by atoms with E-state index in [-0.39, 0.29) is 30.2 Å². The van der Waals surface area contributed by atoms with E-state index in [1.54, 1.807) is 32.0 Å². The van der Waals surface area contributed by atoms with Gasteiger partial charge in [-0.15, -0.1) is 0 Å². The molecule has 20 heavy (non-hydrogen) atoms. The molecule has 0 bridgehead atoms. The molecule has 2 N–H and O–H groups in total. The average Bonchev–Trinajstić information content (AvgIpc) is 2.62. The van der Waals surface area contributed by atoms with Gasteiger partial charge in [0.05, 0.1) is 12.2 Å². The van der Waals surface area contributed by atoms with Crippen molar-refractivity contribution in [3.05, 3.63) is 28.8 Å². The van der Waals surface area contributed by atoms with Crippen LogP contribution in [0.25, 0.3) is 0 Å². The van der Waals surface area contributed by atoms with Crippen LogP contribution in [0.15, 0.2) is 18.2 Å². The first-order valence-electron chi connectivity index (χ1n) is 6.33. The van der Waals surface area contributed by atoms with Gasteiger partial charge in [-0.3, -0.25) is 9.59 Å². The van der Waals surface area contributed by atoms with Crippen molar-refractivity contribution in [2.24, 2.45) is 17.6 Å². The third-order valence-corrected chi connectivity index (χ3v) is 3.73. The predicted molar refractivity (Wildman–Crippen MR) is 78.2 cm³/mol. The Balaban J connectivity index is 2.54. The lowest BCUT2D eigenvalue weighted by molar-refractivity contribution is -0.122. The summed E-state index contributed by atoms with van der Waals surface area (Å²) in [5.74, 6) is 4.48. The van der Waals surface area contributed by atoms with E-state index in [0.717, 1.165) is 0 Å². The number of nitrogens with two attached hydrogens (primary N) is 1. The van der Waals surface area contributed by atoms with Gasteiger partial charge in [-0.2, -0.15) is 0 Å². The summed E-state index contributed by atoms with van der Waals surface area (Å²) >= 11 is 5.98. The van der Waals surface area contributed by atoms with E-state index in [9.17, 15) is 9.59 Å². The van der Waals surface area contributed by atoms with Crippen LogP contribution in [0.4, 0.5) is 5.69 Å². The third kappa shape index (κ3) is 2.43. The number of hydrogen-bond acceptors (Lipinski definition) is 3. The second-order valence-corrected chi connectivity index (χ2v) is 5.19. The molecule has 1 aromatic rings. The molecule has 0 radical (unpaired) electrons. The second kappa shape index (κ2) is 5.66. The Kier molecular flexibility index (Phi) is 4.12. The first kappa shape index (κ1) is 14.6. The number of nitrogens with zero attached hydrogens (tertiary/aromatic N) is 1. The van der Waals surface area contributed by atoms with E-state index in [1.165, 1.54) is 4.90 Å². The fourth-order valence-corrected chi connectivity index (χ4v) is 2.29. The fraction of sp³-hybridized carbons (Fsp3) is 0.333. The Labute approximate surface area is 122 Å². The highest BCUT2D eigenvalue weighted by Crippen LogP contribution is 2.33. The number of halogens is 1. The molecule has 1 fully saturated rings. The monoisotopic (exact) mass is 290 g/mol. The van der Waals surface area contributed by atoms with Gasteiger partial charge in [-0.05, 0) is 18.2 Å². The molecule has 2 rings (SSSR count). The van der Waals surface area contributed by atoms with Crippen molar-refractivity contribution in [3.8, 4) is 11.8 Å². The molecule has 2 unspecified atom stereocenters. The Morgan fingerprint density at radius 2 is 1.85 bits per heavy atom. The van der Waals surface area contributed by atoms with Gasteiger partial charge in [0.15, 0.2) is 0 Å². The lowest BCUT2D eigenvalue weighted by atomic mass is 10.00. The Hall–Kier alpha value is -1.83. The normalized spacial score (nSPS) is 21.9. The molecular weight excluding hydrogens is 276 g/mol. The number of imide groups is 1. The van der Waals surface area contributed by atoms with Crippen molar-refractivity contribution in [1.82, 2.24) is 0 Å². The first-order chi connectivity index (χ1) is 9.47. The van der Waals surface area contributed by atoms with Crippen molar-refractivity contribution in [3.63, 3.8) is 0 Å². The van der Waals surface area contributed by atoms with Crippen LogP contribution in [-0.4, -0.2) is 18.4 Å². The molecule has 5 heteroatoms. The van der Waals surface area contributed by atoms with Crippen LogP contribution in [0.5, 0.6) is 0 Å². The molecule has 1 aliphatic heterocycles. The van der Waals surface area contributed by atoms with Crippen LogP contribution >= 0.6 is 11.6 Å². The number of carbonyl (C=O) groups is 2. The first-order valence-corrected chi connectivity index (χ1v) is 6.71. The molecule has 0 aromatic heterocycles. The lowest BCUT2D eigenvalue weighted by Gasteiger charge is -2.17. The Morgan fingerprint density at radius 1 is 1.25 bits per heavy atom. The molecule has 0 spiro atoms. The van der Waals surface area contributed by atoms with Crippen molar-refractivity contribution < 1.29 is 9.59 Å². The summed E-state index contributed by atoms with van der Waals surface area (Å²) in [6, 6.07) is 4.95. The molecule has 1 aromatic carbocycles. The number of benzene rings is 1. The van der Waals surface area contributed by atoms with Gasteiger partial charge >= 0.3 is 0 Å². The molecule has 1 saturated heterocycles. The van der Waals surface area contributed by atoms with Crippen molar-refractivity contribution in [2.45, 2.75) is 13.8 Å². The molecule has 2 amide bonds. The standard InChI is InChI=1S/C15H15ClN2O2/c1-9-10(2)15(20)18(14(9)19)13-8-12(16)6-5-11(13)4-3-7-17/h5-6,8-10H,7,17H2,1-2H3. The van der Waals surface area contributed by atoms with Crippen LogP contribution in [0.3, 0.4) is 0 Å². The second-order valence-electron chi connectivity index (χ2n) is 4.76. The Bertz CT molecular complexity index is 610. The summed E-state index contributed by atoms with van der Waals surface area (Å²) in [7, 11) is 0. The van der Waals surface area contributed by atoms with Gasteiger partial charge in [0, 0.05) is 22.4 Å². The van der Waals surface area contributed by atoms with Crippen LogP contribution in [0, 0.1) is 23.7 Å². The van der Waals surface area contributed by atoms with Gasteiger partial charge in [-0.1, -0.05) is 37.3 Å². The molecule has 2 atom stereocenters. The topological polar surface area (TPSA) is 63.4 Å². The van der Waals surface area contributed by atoms with Gasteiger partial charge in [0.1, 0.15) is 0 Å². The highest BCUT2D eigenvalue weighted by Gasteiger charge is 2.43. The molecule has 0 aliphatic carbocycles. The Morgan fingerprint density at radius 3 is 2.40 bits per heavy atom. The summed E-state index contributed by atoms with van der Waals surface area (Å²) in [5, 5.41) is 0.450. The van der Waals surface area contributed by atoms with E-state index >= 15 is 0 Å². The third-order valence-electron chi connectivity index (χ3n) is 3.50. The lowest BCUT2D eigenvalue weighted by Crippen LogP contribution is -2.31. The SMILES string of the molecule is CC1C(=O)N(c2cc(Cl)ccc2C#CCN)C(=O)C1C. The quantitative estimate of drug-likeness (QED) is 0.633. The fourth-order valence-electron chi connectivity index (χ4n) is 2.12. The molecule has 104 valence electrons. The van der Waals surface area contributed by atoms with Gasteiger partial charge < -0.3 is 5.73 Å². The summed E-state index contributed by atoms with van der Waals surface area (Å²) in [5.41, 5.74) is 6.37. The van der Waals surface area contributed by atoms with Crippen LogP contribution in [-0.2, 0) is 9.59 Å². The molecular formula is C15H15ClN2O2. The zero-order valence-corrected chi connectivity index (χ0v) is 12.1. The summed E-state index contributed by atoms with van der Waals surface area (Å²) in [4.78, 5) is 25.7. The highest BCUT2D eigenvalue weighted by molar-refractivity contribution is 6.31. The van der Waals surface area contributed by atoms with Crippen LogP contribution in [0.1, 0.15) is 19.4 Å². The van der Waals surface area contributed by atoms with Crippen LogP contribution in [0.2, 0.25) is 5.02 Å². The zero-order valence-electron chi connectivity index (χ0n) is 11.3. The molecule has 0 saturated carbocycles. The van der Waals surface area contributed by atoms with E-state index in [1.807, 2.05) is 0 Å². The van der Waals surface area contributed by atoms with Gasteiger partial charge in [-0.25, -0.2) is 4.90 Å². The van der Waals surface area contributed by atoms with Crippen molar-refractivity contribution >= 4 is 29.1 Å². The largest absolute Gasteiger partial charge is 0.320 e.